The summed E-state index contributed by atoms with van der Waals surface area (Å²) >= 11 is 0. The van der Waals surface area contributed by atoms with Crippen LogP contribution in [0.4, 0.5) is 0 Å². The summed E-state index contributed by atoms with van der Waals surface area (Å²) in [7, 11) is 1.48. The Morgan fingerprint density at radius 3 is 2.74 bits per heavy atom. The van der Waals surface area contributed by atoms with Crippen molar-refractivity contribution in [2.45, 2.75) is 59.8 Å². The number of nitrogens with one attached hydrogen (secondary N) is 1. The number of para-hydroxylation sites is 1. The second-order valence-corrected chi connectivity index (χ2v) is 8.67. The lowest BCUT2D eigenvalue weighted by Crippen LogP contribution is -2.41. The number of hydrogen-bond donors (Lipinski definition) is 1. The van der Waals surface area contributed by atoms with Gasteiger partial charge in [0, 0.05) is 23.5 Å². The summed E-state index contributed by atoms with van der Waals surface area (Å²) in [6, 6.07) is 8.54. The van der Waals surface area contributed by atoms with Gasteiger partial charge in [-0.1, -0.05) is 43.2 Å². The highest BCUT2D eigenvalue weighted by Gasteiger charge is 2.44. The summed E-state index contributed by atoms with van der Waals surface area (Å²) in [5.41, 5.74) is 5.69. The van der Waals surface area contributed by atoms with Crippen LogP contribution in [-0.2, 0) is 16.0 Å². The molecule has 27 heavy (non-hydrogen) atoms. The summed E-state index contributed by atoms with van der Waals surface area (Å²) in [6.07, 6.45) is 6.94. The molecule has 1 fully saturated rings. The van der Waals surface area contributed by atoms with E-state index in [1.54, 1.807) is 5.57 Å². The van der Waals surface area contributed by atoms with Crippen molar-refractivity contribution in [1.82, 2.24) is 4.98 Å². The molecule has 3 rings (SSSR count). The zero-order chi connectivity index (χ0) is 19.6. The molecular weight excluding hydrogens is 334 g/mol. The van der Waals surface area contributed by atoms with Gasteiger partial charge in [0.25, 0.3) is 0 Å². The highest BCUT2D eigenvalue weighted by molar-refractivity contribution is 5.83. The average molecular weight is 368 g/mol. The first kappa shape index (κ1) is 19.7. The molecule has 0 aliphatic heterocycles. The molecular formula is C24H33NO2. The van der Waals surface area contributed by atoms with Gasteiger partial charge in [0.15, 0.2) is 0 Å². The minimum Gasteiger partial charge on any atom is -0.469 e. The van der Waals surface area contributed by atoms with E-state index in [-0.39, 0.29) is 11.4 Å². The summed E-state index contributed by atoms with van der Waals surface area (Å²) < 4.78 is 4.94. The molecule has 0 bridgehead atoms. The molecule has 1 aromatic heterocycles. The lowest BCUT2D eigenvalue weighted by Gasteiger charge is -2.49. The SMILES string of the molecule is COC(=O)CC[C@@H]1C(=C(C)C)CC[C@@H](C)[C@@]1(C)Cc1c[nH]c2ccccc12. The molecule has 1 aliphatic rings. The van der Waals surface area contributed by atoms with E-state index >= 15 is 0 Å². The molecule has 2 aromatic rings. The number of methoxy groups -OCH3 is 1. The van der Waals surface area contributed by atoms with E-state index in [9.17, 15) is 4.79 Å². The normalized spacial score (nSPS) is 25.6. The molecule has 1 aromatic carbocycles. The Morgan fingerprint density at radius 1 is 1.30 bits per heavy atom. The number of H-pyrrole nitrogens is 1. The van der Waals surface area contributed by atoms with Gasteiger partial charge >= 0.3 is 5.97 Å². The van der Waals surface area contributed by atoms with Crippen LogP contribution in [0.5, 0.6) is 0 Å². The van der Waals surface area contributed by atoms with Gasteiger partial charge in [0.05, 0.1) is 7.11 Å². The van der Waals surface area contributed by atoms with Crippen molar-refractivity contribution in [2.75, 3.05) is 7.11 Å². The van der Waals surface area contributed by atoms with Crippen LogP contribution >= 0.6 is 0 Å². The maximum atomic E-state index is 11.9. The van der Waals surface area contributed by atoms with Crippen LogP contribution in [-0.4, -0.2) is 18.1 Å². The number of allylic oxidation sites excluding steroid dienone is 2. The lowest BCUT2D eigenvalue weighted by molar-refractivity contribution is -0.141. The second kappa shape index (κ2) is 7.92. The zero-order valence-corrected chi connectivity index (χ0v) is 17.4. The molecule has 3 nitrogen and oxygen atoms in total. The lowest BCUT2D eigenvalue weighted by atomic mass is 9.56. The predicted molar refractivity (Wildman–Crippen MR) is 112 cm³/mol. The molecule has 1 aliphatic carbocycles. The van der Waals surface area contributed by atoms with E-state index in [1.165, 1.54) is 35.6 Å². The number of carbonyl (C=O) groups is 1. The number of carbonyl (C=O) groups excluding carboxylic acids is 1. The van der Waals surface area contributed by atoms with Crippen molar-refractivity contribution < 1.29 is 9.53 Å². The zero-order valence-electron chi connectivity index (χ0n) is 17.4. The van der Waals surface area contributed by atoms with Crippen molar-refractivity contribution in [3.05, 3.63) is 47.2 Å². The first-order chi connectivity index (χ1) is 12.9. The molecule has 146 valence electrons. The van der Waals surface area contributed by atoms with E-state index < -0.39 is 0 Å². The molecule has 0 unspecified atom stereocenters. The molecule has 0 amide bonds. The topological polar surface area (TPSA) is 42.1 Å². The Bertz CT molecular complexity index is 843. The third-order valence-corrected chi connectivity index (χ3v) is 6.94. The molecule has 0 saturated heterocycles. The summed E-state index contributed by atoms with van der Waals surface area (Å²) in [5.74, 6) is 0.923. The van der Waals surface area contributed by atoms with Crippen LogP contribution < -0.4 is 0 Å². The number of hydrogen-bond acceptors (Lipinski definition) is 2. The number of esters is 1. The van der Waals surface area contributed by atoms with Crippen molar-refractivity contribution in [2.24, 2.45) is 17.3 Å². The number of fused-ring (bicyclic) bond motifs is 1. The van der Waals surface area contributed by atoms with Crippen LogP contribution in [0.1, 0.15) is 58.9 Å². The largest absolute Gasteiger partial charge is 0.469 e. The predicted octanol–water partition coefficient (Wildman–Crippen LogP) is 6.05. The third kappa shape index (κ3) is 3.83. The highest BCUT2D eigenvalue weighted by atomic mass is 16.5. The van der Waals surface area contributed by atoms with Gasteiger partial charge in [-0.25, -0.2) is 0 Å². The van der Waals surface area contributed by atoms with Crippen LogP contribution in [0.3, 0.4) is 0 Å². The molecule has 3 heteroatoms. The number of benzene rings is 1. The monoisotopic (exact) mass is 367 g/mol. The molecule has 1 heterocycles. The van der Waals surface area contributed by atoms with E-state index in [4.69, 9.17) is 4.74 Å². The van der Waals surface area contributed by atoms with Crippen molar-refractivity contribution in [3.63, 3.8) is 0 Å². The van der Waals surface area contributed by atoms with E-state index in [2.05, 4.69) is 63.1 Å². The average Bonchev–Trinajstić information content (AvgIpc) is 3.05. The maximum Gasteiger partial charge on any atom is 0.305 e. The Balaban J connectivity index is 1.98. The number of aromatic amines is 1. The Morgan fingerprint density at radius 2 is 2.04 bits per heavy atom. The fourth-order valence-electron chi connectivity index (χ4n) is 5.07. The van der Waals surface area contributed by atoms with Gasteiger partial charge in [-0.15, -0.1) is 0 Å². The first-order valence-corrected chi connectivity index (χ1v) is 10.1. The number of ether oxygens (including phenoxy) is 1. The Labute approximate surface area is 163 Å². The van der Waals surface area contributed by atoms with Gasteiger partial charge < -0.3 is 9.72 Å². The maximum absolute atomic E-state index is 11.9. The highest BCUT2D eigenvalue weighted by Crippen LogP contribution is 2.52. The van der Waals surface area contributed by atoms with Crippen molar-refractivity contribution >= 4 is 16.9 Å². The van der Waals surface area contributed by atoms with Crippen molar-refractivity contribution in [1.29, 1.82) is 0 Å². The summed E-state index contributed by atoms with van der Waals surface area (Å²) in [4.78, 5) is 15.3. The fourth-order valence-corrected chi connectivity index (χ4v) is 5.07. The summed E-state index contributed by atoms with van der Waals surface area (Å²) in [6.45, 7) is 9.27. The van der Waals surface area contributed by atoms with E-state index in [0.29, 0.717) is 18.3 Å². The number of aromatic nitrogens is 1. The van der Waals surface area contributed by atoms with E-state index in [0.717, 1.165) is 19.3 Å². The van der Waals surface area contributed by atoms with Crippen LogP contribution in [0.15, 0.2) is 41.6 Å². The van der Waals surface area contributed by atoms with E-state index in [1.807, 2.05) is 0 Å². The molecule has 1 saturated carbocycles. The quantitative estimate of drug-likeness (QED) is 0.516. The first-order valence-electron chi connectivity index (χ1n) is 10.1. The van der Waals surface area contributed by atoms with Crippen LogP contribution in [0, 0.1) is 17.3 Å². The smallest absolute Gasteiger partial charge is 0.305 e. The molecule has 3 atom stereocenters. The molecule has 0 radical (unpaired) electrons. The fraction of sp³-hybridized carbons (Fsp3) is 0.542. The minimum atomic E-state index is -0.101. The van der Waals surface area contributed by atoms with Crippen LogP contribution in [0.25, 0.3) is 10.9 Å². The van der Waals surface area contributed by atoms with Gasteiger partial charge in [-0.05, 0) is 68.4 Å². The van der Waals surface area contributed by atoms with Crippen molar-refractivity contribution in [3.8, 4) is 0 Å². The van der Waals surface area contributed by atoms with Gasteiger partial charge in [0.2, 0.25) is 0 Å². The van der Waals surface area contributed by atoms with Gasteiger partial charge in [-0.2, -0.15) is 0 Å². The minimum absolute atomic E-state index is 0.101. The Hall–Kier alpha value is -2.03. The molecule has 1 N–H and O–H groups in total. The Kier molecular flexibility index (Phi) is 5.78. The van der Waals surface area contributed by atoms with Crippen LogP contribution in [0.2, 0.25) is 0 Å². The summed E-state index contributed by atoms with van der Waals surface area (Å²) in [5, 5.41) is 1.32. The van der Waals surface area contributed by atoms with Gasteiger partial charge in [-0.3, -0.25) is 4.79 Å². The van der Waals surface area contributed by atoms with Gasteiger partial charge in [0.1, 0.15) is 0 Å². The standard InChI is InChI=1S/C24H33NO2/c1-16(2)19-11-10-17(3)24(4,21(19)12-13-23(26)27-5)14-18-15-25-22-9-7-6-8-20(18)22/h6-9,15,17,21,25H,10-14H2,1-5H3/t17-,21-,24-/m1/s1. The third-order valence-electron chi connectivity index (χ3n) is 6.94. The second-order valence-electron chi connectivity index (χ2n) is 8.67. The number of rotatable bonds is 5. The molecule has 0 spiro atoms.